The molecule has 7 nitrogen and oxygen atoms in total. The summed E-state index contributed by atoms with van der Waals surface area (Å²) in [6.07, 6.45) is 0. The van der Waals surface area contributed by atoms with Crippen LogP contribution < -0.4 is 16.0 Å². The van der Waals surface area contributed by atoms with Crippen LogP contribution in [0.3, 0.4) is 0 Å². The second-order valence-electron chi connectivity index (χ2n) is 8.14. The van der Waals surface area contributed by atoms with Gasteiger partial charge in [-0.05, 0) is 53.4 Å². The number of carbonyl (C=O) groups is 2. The first-order chi connectivity index (χ1) is 17.4. The summed E-state index contributed by atoms with van der Waals surface area (Å²) in [7, 11) is 0. The molecule has 1 aliphatic rings. The van der Waals surface area contributed by atoms with Gasteiger partial charge in [-0.15, -0.1) is 11.3 Å². The van der Waals surface area contributed by atoms with Crippen molar-refractivity contribution < 1.29 is 14.3 Å². The summed E-state index contributed by atoms with van der Waals surface area (Å²) in [6, 6.07) is 11.4. The molecule has 0 bridgehead atoms. The monoisotopic (exact) mass is 566 g/mol. The molecule has 0 spiro atoms. The maximum Gasteiger partial charge on any atom is 0.267 e. The predicted octanol–water partition coefficient (Wildman–Crippen LogP) is 5.63. The lowest BCUT2D eigenvalue weighted by Gasteiger charge is -2.26. The summed E-state index contributed by atoms with van der Waals surface area (Å²) in [5, 5.41) is 12.2. The van der Waals surface area contributed by atoms with Gasteiger partial charge >= 0.3 is 0 Å². The van der Waals surface area contributed by atoms with Gasteiger partial charge in [-0.3, -0.25) is 14.5 Å². The minimum Gasteiger partial charge on any atom is -0.379 e. The average Bonchev–Trinajstić information content (AvgIpc) is 3.25. The van der Waals surface area contributed by atoms with E-state index in [1.807, 2.05) is 5.38 Å². The molecule has 36 heavy (non-hydrogen) atoms. The van der Waals surface area contributed by atoms with Crippen molar-refractivity contribution in [3.63, 3.8) is 0 Å². The van der Waals surface area contributed by atoms with Gasteiger partial charge in [-0.2, -0.15) is 0 Å². The maximum atomic E-state index is 13.0. The first kappa shape index (κ1) is 26.9. The largest absolute Gasteiger partial charge is 0.379 e. The van der Waals surface area contributed by atoms with Crippen molar-refractivity contribution in [2.24, 2.45) is 0 Å². The smallest absolute Gasteiger partial charge is 0.267 e. The highest BCUT2D eigenvalue weighted by Crippen LogP contribution is 2.30. The molecular formula is C25H25Cl3N4O3S. The minimum absolute atomic E-state index is 0.225. The van der Waals surface area contributed by atoms with Crippen LogP contribution in [-0.2, 0) is 11.3 Å². The average molecular weight is 568 g/mol. The van der Waals surface area contributed by atoms with Crippen molar-refractivity contribution in [2.45, 2.75) is 6.54 Å². The van der Waals surface area contributed by atoms with E-state index in [2.05, 4.69) is 20.9 Å². The van der Waals surface area contributed by atoms with Gasteiger partial charge in [0.05, 0.1) is 29.5 Å². The third-order valence-electron chi connectivity index (χ3n) is 5.61. The number of thiophene rings is 1. The molecule has 3 N–H and O–H groups in total. The van der Waals surface area contributed by atoms with Crippen molar-refractivity contribution >= 4 is 69.3 Å². The summed E-state index contributed by atoms with van der Waals surface area (Å²) in [6.45, 7) is 5.72. The number of benzene rings is 2. The molecule has 3 aromatic rings. The van der Waals surface area contributed by atoms with E-state index < -0.39 is 11.8 Å². The Kier molecular flexibility index (Phi) is 9.61. The molecule has 1 fully saturated rings. The van der Waals surface area contributed by atoms with Crippen LogP contribution >= 0.6 is 46.1 Å². The van der Waals surface area contributed by atoms with Gasteiger partial charge in [0.15, 0.2) is 0 Å². The van der Waals surface area contributed by atoms with E-state index in [-0.39, 0.29) is 5.56 Å². The first-order valence-corrected chi connectivity index (χ1v) is 13.4. The molecule has 2 amide bonds. The topological polar surface area (TPSA) is 82.7 Å². The normalized spacial score (nSPS) is 14.0. The Labute approximate surface area is 228 Å². The maximum absolute atomic E-state index is 13.0. The Balaban J connectivity index is 1.38. The van der Waals surface area contributed by atoms with Crippen molar-refractivity contribution in [3.8, 4) is 0 Å². The number of nitrogens with one attached hydrogen (secondary N) is 3. The Hall–Kier alpha value is -2.17. The van der Waals surface area contributed by atoms with Crippen LogP contribution in [0.25, 0.3) is 0 Å². The summed E-state index contributed by atoms with van der Waals surface area (Å²) in [5.41, 5.74) is 1.97. The summed E-state index contributed by atoms with van der Waals surface area (Å²) >= 11 is 19.8. The molecule has 0 unspecified atom stereocenters. The Bertz CT molecular complexity index is 1210. The Morgan fingerprint density at radius 3 is 2.42 bits per heavy atom. The second-order valence-corrected chi connectivity index (χ2v) is 10.3. The lowest BCUT2D eigenvalue weighted by atomic mass is 10.1. The van der Waals surface area contributed by atoms with E-state index in [0.29, 0.717) is 37.9 Å². The zero-order chi connectivity index (χ0) is 25.5. The van der Waals surface area contributed by atoms with Crippen molar-refractivity contribution in [1.29, 1.82) is 0 Å². The fourth-order valence-electron chi connectivity index (χ4n) is 3.66. The van der Waals surface area contributed by atoms with Crippen LogP contribution in [0.1, 0.15) is 25.6 Å². The molecule has 1 saturated heterocycles. The first-order valence-electron chi connectivity index (χ1n) is 11.3. The Morgan fingerprint density at radius 1 is 0.944 bits per heavy atom. The number of ether oxygens (including phenoxy) is 1. The third-order valence-corrected chi connectivity index (χ3v) is 7.67. The highest BCUT2D eigenvalue weighted by molar-refractivity contribution is 7.13. The molecular weight excluding hydrogens is 543 g/mol. The van der Waals surface area contributed by atoms with Gasteiger partial charge < -0.3 is 20.7 Å². The number of rotatable bonds is 9. The van der Waals surface area contributed by atoms with E-state index >= 15 is 0 Å². The molecule has 2 heterocycles. The summed E-state index contributed by atoms with van der Waals surface area (Å²) < 4.78 is 5.37. The number of amides is 2. The lowest BCUT2D eigenvalue weighted by Crippen LogP contribution is -2.40. The molecule has 0 atom stereocenters. The molecule has 0 saturated carbocycles. The van der Waals surface area contributed by atoms with Gasteiger partial charge in [0.2, 0.25) is 0 Å². The molecule has 0 aliphatic carbocycles. The van der Waals surface area contributed by atoms with Crippen LogP contribution in [-0.4, -0.2) is 56.1 Å². The van der Waals surface area contributed by atoms with E-state index in [4.69, 9.17) is 39.5 Å². The number of nitrogens with zero attached hydrogens (tertiary/aromatic N) is 1. The van der Waals surface area contributed by atoms with Gasteiger partial charge in [0.1, 0.15) is 4.88 Å². The number of carbonyl (C=O) groups excluding carboxylic acids is 2. The molecule has 1 aromatic heterocycles. The zero-order valence-electron chi connectivity index (χ0n) is 19.3. The fourth-order valence-corrected chi connectivity index (χ4v) is 5.22. The van der Waals surface area contributed by atoms with Crippen LogP contribution in [0.15, 0.2) is 47.8 Å². The van der Waals surface area contributed by atoms with E-state index in [9.17, 15) is 9.59 Å². The lowest BCUT2D eigenvalue weighted by molar-refractivity contribution is 0.0384. The number of morpholine rings is 1. The highest BCUT2D eigenvalue weighted by Gasteiger charge is 2.20. The zero-order valence-corrected chi connectivity index (χ0v) is 22.4. The van der Waals surface area contributed by atoms with Crippen LogP contribution in [0, 0.1) is 0 Å². The van der Waals surface area contributed by atoms with E-state index in [1.54, 1.807) is 36.4 Å². The number of hydrogen-bond acceptors (Lipinski definition) is 6. The van der Waals surface area contributed by atoms with Gasteiger partial charge in [0.25, 0.3) is 11.8 Å². The number of hydrogen-bond donors (Lipinski definition) is 3. The molecule has 0 radical (unpaired) electrons. The number of halogens is 3. The quantitative estimate of drug-likeness (QED) is 0.292. The van der Waals surface area contributed by atoms with Gasteiger partial charge in [-0.25, -0.2) is 0 Å². The van der Waals surface area contributed by atoms with Gasteiger partial charge in [-0.1, -0.05) is 34.8 Å². The molecule has 190 valence electrons. The molecule has 4 rings (SSSR count). The third kappa shape index (κ3) is 7.20. The van der Waals surface area contributed by atoms with Crippen molar-refractivity contribution in [2.75, 3.05) is 50.0 Å². The van der Waals surface area contributed by atoms with Crippen molar-refractivity contribution in [1.82, 2.24) is 10.2 Å². The molecule has 11 heteroatoms. The van der Waals surface area contributed by atoms with E-state index in [1.165, 1.54) is 17.4 Å². The van der Waals surface area contributed by atoms with Crippen LogP contribution in [0.4, 0.5) is 11.4 Å². The minimum atomic E-state index is -0.419. The van der Waals surface area contributed by atoms with E-state index in [0.717, 1.165) is 45.0 Å². The molecule has 2 aromatic carbocycles. The summed E-state index contributed by atoms with van der Waals surface area (Å²) in [5.74, 6) is -0.815. The van der Waals surface area contributed by atoms with Crippen molar-refractivity contribution in [3.05, 3.63) is 78.9 Å². The van der Waals surface area contributed by atoms with Gasteiger partial charge in [0, 0.05) is 48.5 Å². The standard InChI is InChI=1S/C25H25Cl3N4O3S/c26-17-1-4-19(5-2-17)30-24(33)20-13-18(27)3-6-21(20)31-25(34)23-22(28)16(15-36-23)14-29-7-8-32-9-11-35-12-10-32/h1-6,13,15,29H,7-12,14H2,(H,30,33)(H,31,34). The summed E-state index contributed by atoms with van der Waals surface area (Å²) in [4.78, 5) is 28.7. The predicted molar refractivity (Wildman–Crippen MR) is 147 cm³/mol. The second kappa shape index (κ2) is 12.9. The Morgan fingerprint density at radius 2 is 1.67 bits per heavy atom. The number of anilines is 2. The van der Waals surface area contributed by atoms with Crippen LogP contribution in [0.2, 0.25) is 15.1 Å². The van der Waals surface area contributed by atoms with Crippen LogP contribution in [0.5, 0.6) is 0 Å². The molecule has 1 aliphatic heterocycles. The fraction of sp³-hybridized carbons (Fsp3) is 0.280. The highest BCUT2D eigenvalue weighted by atomic mass is 35.5. The SMILES string of the molecule is O=C(Nc1ccc(Cl)cc1)c1cc(Cl)ccc1NC(=O)c1scc(CNCCN2CCOCC2)c1Cl.